The molecule has 0 fully saturated rings. The number of nitrogens with one attached hydrogen (secondary N) is 1. The van der Waals surface area contributed by atoms with Crippen LogP contribution in [0.3, 0.4) is 0 Å². The number of ether oxygens (including phenoxy) is 1. The van der Waals surface area contributed by atoms with Gasteiger partial charge in [0.25, 0.3) is 0 Å². The quantitative estimate of drug-likeness (QED) is 0.491. The minimum Gasteiger partial charge on any atom is -0.497 e. The van der Waals surface area contributed by atoms with Gasteiger partial charge in [-0.3, -0.25) is 11.3 Å². The molecule has 0 aliphatic carbocycles. The van der Waals surface area contributed by atoms with E-state index in [-0.39, 0.29) is 11.3 Å². The van der Waals surface area contributed by atoms with Crippen LogP contribution in [0.5, 0.6) is 5.75 Å². The van der Waals surface area contributed by atoms with Crippen molar-refractivity contribution in [1.82, 2.24) is 5.43 Å². The van der Waals surface area contributed by atoms with Crippen molar-refractivity contribution in [3.8, 4) is 5.75 Å². The standard InChI is InChI=1S/C10H12F4N2O/c1-17-6-2-3-7(8(11)4-6)9(16-15)5-10(12,13)14/h2-4,9,16H,5,15H2,1H3. The van der Waals surface area contributed by atoms with Crippen LogP contribution in [0.1, 0.15) is 18.0 Å². The van der Waals surface area contributed by atoms with E-state index in [0.717, 1.165) is 6.07 Å². The van der Waals surface area contributed by atoms with Gasteiger partial charge < -0.3 is 4.74 Å². The van der Waals surface area contributed by atoms with Gasteiger partial charge in [0.2, 0.25) is 0 Å². The maximum atomic E-state index is 13.5. The highest BCUT2D eigenvalue weighted by Crippen LogP contribution is 2.31. The highest BCUT2D eigenvalue weighted by Gasteiger charge is 2.33. The molecule has 96 valence electrons. The minimum absolute atomic E-state index is 0.148. The van der Waals surface area contributed by atoms with Gasteiger partial charge in [0.1, 0.15) is 11.6 Å². The van der Waals surface area contributed by atoms with Crippen LogP contribution in [-0.2, 0) is 0 Å². The molecular weight excluding hydrogens is 240 g/mol. The third kappa shape index (κ3) is 3.86. The van der Waals surface area contributed by atoms with E-state index in [1.165, 1.54) is 19.2 Å². The Kier molecular flexibility index (Phi) is 4.30. The molecule has 1 unspecified atom stereocenters. The summed E-state index contributed by atoms with van der Waals surface area (Å²) in [6.45, 7) is 0. The van der Waals surface area contributed by atoms with Gasteiger partial charge in [-0.25, -0.2) is 4.39 Å². The molecule has 3 N–H and O–H groups in total. The lowest BCUT2D eigenvalue weighted by Crippen LogP contribution is -2.32. The number of benzene rings is 1. The number of hydrogen-bond acceptors (Lipinski definition) is 3. The van der Waals surface area contributed by atoms with Crippen LogP contribution in [0.4, 0.5) is 17.6 Å². The molecule has 0 amide bonds. The maximum Gasteiger partial charge on any atom is 0.390 e. The fraction of sp³-hybridized carbons (Fsp3) is 0.400. The Morgan fingerprint density at radius 1 is 1.41 bits per heavy atom. The normalized spacial score (nSPS) is 13.5. The van der Waals surface area contributed by atoms with Crippen molar-refractivity contribution in [2.75, 3.05) is 7.11 Å². The predicted octanol–water partition coefficient (Wildman–Crippen LogP) is 2.29. The summed E-state index contributed by atoms with van der Waals surface area (Å²) < 4.78 is 54.9. The summed E-state index contributed by atoms with van der Waals surface area (Å²) in [6, 6.07) is 2.28. The van der Waals surface area contributed by atoms with Crippen LogP contribution in [0.2, 0.25) is 0 Å². The summed E-state index contributed by atoms with van der Waals surface area (Å²) in [6.07, 6.45) is -5.67. The molecule has 1 rings (SSSR count). The Labute approximate surface area is 95.5 Å². The zero-order valence-electron chi connectivity index (χ0n) is 9.01. The van der Waals surface area contributed by atoms with E-state index in [2.05, 4.69) is 0 Å². The Hall–Kier alpha value is -1.34. The first-order valence-corrected chi connectivity index (χ1v) is 4.73. The van der Waals surface area contributed by atoms with Crippen molar-refractivity contribution in [2.45, 2.75) is 18.6 Å². The van der Waals surface area contributed by atoms with E-state index in [4.69, 9.17) is 10.6 Å². The summed E-state index contributed by atoms with van der Waals surface area (Å²) in [5, 5.41) is 0. The monoisotopic (exact) mass is 252 g/mol. The molecule has 3 nitrogen and oxygen atoms in total. The molecule has 7 heteroatoms. The van der Waals surface area contributed by atoms with E-state index in [0.29, 0.717) is 0 Å². The van der Waals surface area contributed by atoms with Gasteiger partial charge in [0, 0.05) is 11.6 Å². The topological polar surface area (TPSA) is 47.3 Å². The van der Waals surface area contributed by atoms with Crippen LogP contribution in [0.25, 0.3) is 0 Å². The van der Waals surface area contributed by atoms with E-state index < -0.39 is 24.5 Å². The lowest BCUT2D eigenvalue weighted by atomic mass is 10.0. The summed E-state index contributed by atoms with van der Waals surface area (Å²) in [7, 11) is 1.34. The fourth-order valence-corrected chi connectivity index (χ4v) is 1.41. The van der Waals surface area contributed by atoms with Crippen molar-refractivity contribution in [2.24, 2.45) is 5.84 Å². The summed E-state index contributed by atoms with van der Waals surface area (Å²) in [5.41, 5.74) is 1.80. The zero-order chi connectivity index (χ0) is 13.1. The zero-order valence-corrected chi connectivity index (χ0v) is 9.01. The van der Waals surface area contributed by atoms with Gasteiger partial charge in [-0.15, -0.1) is 0 Å². The smallest absolute Gasteiger partial charge is 0.390 e. The van der Waals surface area contributed by atoms with Crippen molar-refractivity contribution in [3.63, 3.8) is 0 Å². The Bertz CT molecular complexity index is 381. The number of halogens is 4. The molecule has 0 aliphatic rings. The molecular formula is C10H12F4N2O. The van der Waals surface area contributed by atoms with Crippen LogP contribution in [0.15, 0.2) is 18.2 Å². The van der Waals surface area contributed by atoms with Gasteiger partial charge in [0.15, 0.2) is 0 Å². The third-order valence-electron chi connectivity index (χ3n) is 2.22. The summed E-state index contributed by atoms with van der Waals surface area (Å²) >= 11 is 0. The number of hydrazine groups is 1. The van der Waals surface area contributed by atoms with Gasteiger partial charge in [0.05, 0.1) is 19.6 Å². The van der Waals surface area contributed by atoms with Crippen molar-refractivity contribution < 1.29 is 22.3 Å². The van der Waals surface area contributed by atoms with Gasteiger partial charge in [-0.05, 0) is 6.07 Å². The van der Waals surface area contributed by atoms with Crippen LogP contribution < -0.4 is 16.0 Å². The molecule has 1 aromatic carbocycles. The predicted molar refractivity (Wildman–Crippen MR) is 53.7 cm³/mol. The number of methoxy groups -OCH3 is 1. The molecule has 0 spiro atoms. The van der Waals surface area contributed by atoms with Crippen molar-refractivity contribution in [3.05, 3.63) is 29.6 Å². The van der Waals surface area contributed by atoms with Crippen molar-refractivity contribution in [1.29, 1.82) is 0 Å². The first-order valence-electron chi connectivity index (χ1n) is 4.73. The maximum absolute atomic E-state index is 13.5. The average Bonchev–Trinajstić information content (AvgIpc) is 2.24. The van der Waals surface area contributed by atoms with Gasteiger partial charge >= 0.3 is 6.18 Å². The molecule has 0 aromatic heterocycles. The van der Waals surface area contributed by atoms with Gasteiger partial charge in [-0.1, -0.05) is 6.07 Å². The molecule has 0 saturated heterocycles. The molecule has 0 bridgehead atoms. The lowest BCUT2D eigenvalue weighted by molar-refractivity contribution is -0.140. The third-order valence-corrected chi connectivity index (χ3v) is 2.22. The number of alkyl halides is 3. The first kappa shape index (κ1) is 13.7. The highest BCUT2D eigenvalue weighted by atomic mass is 19.4. The Balaban J connectivity index is 2.96. The molecule has 0 saturated carbocycles. The molecule has 0 radical (unpaired) electrons. The second kappa shape index (κ2) is 5.33. The Morgan fingerprint density at radius 2 is 2.06 bits per heavy atom. The number of nitrogens with two attached hydrogens (primary N) is 1. The largest absolute Gasteiger partial charge is 0.497 e. The van der Waals surface area contributed by atoms with Gasteiger partial charge in [-0.2, -0.15) is 13.2 Å². The van der Waals surface area contributed by atoms with Crippen LogP contribution in [-0.4, -0.2) is 13.3 Å². The second-order valence-electron chi connectivity index (χ2n) is 3.43. The minimum atomic E-state index is -4.43. The Morgan fingerprint density at radius 3 is 2.47 bits per heavy atom. The van der Waals surface area contributed by atoms with E-state index in [1.807, 2.05) is 5.43 Å². The molecule has 0 heterocycles. The molecule has 1 aromatic rings. The molecule has 1 atom stereocenters. The second-order valence-corrected chi connectivity index (χ2v) is 3.43. The lowest BCUT2D eigenvalue weighted by Gasteiger charge is -2.19. The van der Waals surface area contributed by atoms with E-state index >= 15 is 0 Å². The summed E-state index contributed by atoms with van der Waals surface area (Å²) in [5.74, 6) is 4.44. The average molecular weight is 252 g/mol. The van der Waals surface area contributed by atoms with Crippen LogP contribution in [0, 0.1) is 5.82 Å². The highest BCUT2D eigenvalue weighted by molar-refractivity contribution is 5.30. The van der Waals surface area contributed by atoms with Crippen LogP contribution >= 0.6 is 0 Å². The summed E-state index contributed by atoms with van der Waals surface area (Å²) in [4.78, 5) is 0. The van der Waals surface area contributed by atoms with E-state index in [1.54, 1.807) is 0 Å². The molecule has 17 heavy (non-hydrogen) atoms. The first-order chi connectivity index (χ1) is 7.87. The fourth-order valence-electron chi connectivity index (χ4n) is 1.41. The molecule has 0 aliphatic heterocycles. The van der Waals surface area contributed by atoms with Crippen molar-refractivity contribution >= 4 is 0 Å². The number of rotatable bonds is 4. The SMILES string of the molecule is COc1ccc(C(CC(F)(F)F)NN)c(F)c1. The van der Waals surface area contributed by atoms with E-state index in [9.17, 15) is 17.6 Å². The number of hydrogen-bond donors (Lipinski definition) is 2.